The number of carbonyl (C=O) groups is 1. The van der Waals surface area contributed by atoms with E-state index in [1.54, 1.807) is 0 Å². The maximum atomic E-state index is 11.8. The van der Waals surface area contributed by atoms with Gasteiger partial charge in [0, 0.05) is 42.1 Å². The van der Waals surface area contributed by atoms with Gasteiger partial charge in [0.1, 0.15) is 0 Å². The normalized spacial score (nSPS) is 13.0. The SMILES string of the molecule is C=C(N)Cc1c(Cc2ccccc2)ncn1Cc1cccc2c1CC(=O)S2. The van der Waals surface area contributed by atoms with Gasteiger partial charge >= 0.3 is 0 Å². The van der Waals surface area contributed by atoms with E-state index in [0.717, 1.165) is 28.3 Å². The summed E-state index contributed by atoms with van der Waals surface area (Å²) in [5.74, 6) is 0. The fourth-order valence-corrected chi connectivity index (χ4v) is 4.42. The Morgan fingerprint density at radius 2 is 2.00 bits per heavy atom. The lowest BCUT2D eigenvalue weighted by atomic mass is 10.0. The molecule has 0 spiro atoms. The molecule has 2 heterocycles. The number of aromatic nitrogens is 2. The van der Waals surface area contributed by atoms with E-state index in [4.69, 9.17) is 5.73 Å². The van der Waals surface area contributed by atoms with Crippen molar-refractivity contribution in [2.75, 3.05) is 0 Å². The van der Waals surface area contributed by atoms with Gasteiger partial charge in [-0.25, -0.2) is 4.98 Å². The van der Waals surface area contributed by atoms with Crippen LogP contribution < -0.4 is 5.73 Å². The number of rotatable bonds is 6. The summed E-state index contributed by atoms with van der Waals surface area (Å²) in [5, 5.41) is 0.211. The van der Waals surface area contributed by atoms with Crippen LogP contribution in [0.2, 0.25) is 0 Å². The Labute approximate surface area is 163 Å². The van der Waals surface area contributed by atoms with E-state index in [-0.39, 0.29) is 5.12 Å². The Kier molecular flexibility index (Phi) is 4.86. The molecule has 5 heteroatoms. The van der Waals surface area contributed by atoms with Crippen LogP contribution in [0.4, 0.5) is 0 Å². The minimum atomic E-state index is 0.211. The summed E-state index contributed by atoms with van der Waals surface area (Å²) in [7, 11) is 0. The highest BCUT2D eigenvalue weighted by atomic mass is 32.2. The first-order valence-electron chi connectivity index (χ1n) is 8.91. The Morgan fingerprint density at radius 3 is 2.78 bits per heavy atom. The van der Waals surface area contributed by atoms with Crippen LogP contribution in [-0.4, -0.2) is 14.7 Å². The van der Waals surface area contributed by atoms with Crippen molar-refractivity contribution in [1.29, 1.82) is 0 Å². The number of allylic oxidation sites excluding steroid dienone is 1. The Hall–Kier alpha value is -2.79. The minimum Gasteiger partial charge on any atom is -0.402 e. The maximum Gasteiger partial charge on any atom is 0.198 e. The molecule has 1 aliphatic heterocycles. The number of benzene rings is 2. The van der Waals surface area contributed by atoms with E-state index in [1.807, 2.05) is 36.7 Å². The summed E-state index contributed by atoms with van der Waals surface area (Å²) in [6, 6.07) is 16.4. The Bertz CT molecular complexity index is 1010. The van der Waals surface area contributed by atoms with Crippen molar-refractivity contribution in [1.82, 2.24) is 9.55 Å². The van der Waals surface area contributed by atoms with Crippen molar-refractivity contribution in [3.05, 3.63) is 95.2 Å². The predicted octanol–water partition coefficient (Wildman–Crippen LogP) is 3.71. The zero-order valence-electron chi connectivity index (χ0n) is 15.0. The van der Waals surface area contributed by atoms with Crippen LogP contribution in [0.25, 0.3) is 0 Å². The smallest absolute Gasteiger partial charge is 0.198 e. The first-order chi connectivity index (χ1) is 13.1. The molecule has 136 valence electrons. The molecule has 0 radical (unpaired) electrons. The zero-order valence-corrected chi connectivity index (χ0v) is 15.8. The van der Waals surface area contributed by atoms with Gasteiger partial charge in [-0.2, -0.15) is 0 Å². The van der Waals surface area contributed by atoms with Gasteiger partial charge in [-0.1, -0.05) is 60.8 Å². The molecule has 4 rings (SSSR count). The summed E-state index contributed by atoms with van der Waals surface area (Å²) < 4.78 is 2.14. The third kappa shape index (κ3) is 3.83. The van der Waals surface area contributed by atoms with Gasteiger partial charge in [-0.15, -0.1) is 0 Å². The third-order valence-electron chi connectivity index (χ3n) is 4.76. The lowest BCUT2D eigenvalue weighted by Gasteiger charge is -2.13. The van der Waals surface area contributed by atoms with Crippen molar-refractivity contribution in [2.45, 2.75) is 30.7 Å². The van der Waals surface area contributed by atoms with Crippen LogP contribution in [0.1, 0.15) is 28.1 Å². The lowest BCUT2D eigenvalue weighted by Crippen LogP contribution is -2.11. The molecule has 0 atom stereocenters. The second-order valence-electron chi connectivity index (χ2n) is 6.81. The molecule has 0 saturated heterocycles. The minimum absolute atomic E-state index is 0.211. The quantitative estimate of drug-likeness (QED) is 0.713. The van der Waals surface area contributed by atoms with Gasteiger partial charge in [0.25, 0.3) is 0 Å². The molecule has 3 aromatic rings. The average molecular weight is 375 g/mol. The van der Waals surface area contributed by atoms with E-state index < -0.39 is 0 Å². The van der Waals surface area contributed by atoms with Gasteiger partial charge < -0.3 is 10.3 Å². The van der Waals surface area contributed by atoms with Crippen LogP contribution >= 0.6 is 11.8 Å². The third-order valence-corrected chi connectivity index (χ3v) is 5.73. The first-order valence-corrected chi connectivity index (χ1v) is 9.73. The Balaban J connectivity index is 1.66. The molecule has 1 aromatic heterocycles. The molecular weight excluding hydrogens is 354 g/mol. The van der Waals surface area contributed by atoms with Crippen molar-refractivity contribution in [3.63, 3.8) is 0 Å². The van der Waals surface area contributed by atoms with E-state index in [2.05, 4.69) is 34.3 Å². The first kappa shape index (κ1) is 17.6. The molecule has 0 bridgehead atoms. The van der Waals surface area contributed by atoms with Crippen molar-refractivity contribution < 1.29 is 4.79 Å². The van der Waals surface area contributed by atoms with E-state index in [1.165, 1.54) is 22.9 Å². The second-order valence-corrected chi connectivity index (χ2v) is 7.91. The molecular formula is C22H21N3OS. The largest absolute Gasteiger partial charge is 0.402 e. The number of thioether (sulfide) groups is 1. The molecule has 1 aliphatic rings. The van der Waals surface area contributed by atoms with Gasteiger partial charge in [0.2, 0.25) is 0 Å². The van der Waals surface area contributed by atoms with Crippen molar-refractivity contribution in [2.24, 2.45) is 5.73 Å². The van der Waals surface area contributed by atoms with Gasteiger partial charge in [-0.3, -0.25) is 4.79 Å². The van der Waals surface area contributed by atoms with E-state index in [9.17, 15) is 4.79 Å². The Morgan fingerprint density at radius 1 is 1.19 bits per heavy atom. The van der Waals surface area contributed by atoms with Crippen LogP contribution in [0.3, 0.4) is 0 Å². The highest BCUT2D eigenvalue weighted by molar-refractivity contribution is 8.14. The van der Waals surface area contributed by atoms with Gasteiger partial charge in [-0.05, 0) is 22.8 Å². The van der Waals surface area contributed by atoms with E-state index in [0.29, 0.717) is 25.1 Å². The van der Waals surface area contributed by atoms with Crippen LogP contribution in [0.5, 0.6) is 0 Å². The van der Waals surface area contributed by atoms with Crippen LogP contribution in [0, 0.1) is 0 Å². The second kappa shape index (κ2) is 7.45. The van der Waals surface area contributed by atoms with Crippen LogP contribution in [-0.2, 0) is 30.6 Å². The highest BCUT2D eigenvalue weighted by Gasteiger charge is 2.22. The topological polar surface area (TPSA) is 60.9 Å². The molecule has 27 heavy (non-hydrogen) atoms. The molecule has 2 N–H and O–H groups in total. The van der Waals surface area contributed by atoms with Crippen LogP contribution in [0.15, 0.2) is 72.0 Å². The zero-order chi connectivity index (χ0) is 18.8. The highest BCUT2D eigenvalue weighted by Crippen LogP contribution is 2.35. The summed E-state index contributed by atoms with van der Waals surface area (Å²) in [5.41, 5.74) is 12.2. The molecule has 0 amide bonds. The average Bonchev–Trinajstić information content (AvgIpc) is 3.20. The number of fused-ring (bicyclic) bond motifs is 1. The number of nitrogens with zero attached hydrogens (tertiary/aromatic N) is 2. The number of hydrogen-bond donors (Lipinski definition) is 1. The lowest BCUT2D eigenvalue weighted by molar-refractivity contribution is -0.110. The molecule has 0 aliphatic carbocycles. The van der Waals surface area contributed by atoms with Gasteiger partial charge in [0.05, 0.1) is 12.0 Å². The number of nitrogens with two attached hydrogens (primary N) is 1. The standard InChI is InChI=1S/C22H21N3OS/c1-15(23)10-20-19(11-16-6-3-2-4-7-16)24-14-25(20)13-17-8-5-9-21-18(17)12-22(26)27-21/h2-9,14H,1,10-13,23H2. The summed E-state index contributed by atoms with van der Waals surface area (Å²) in [4.78, 5) is 17.6. The summed E-state index contributed by atoms with van der Waals surface area (Å²) in [6.45, 7) is 4.56. The van der Waals surface area contributed by atoms with E-state index >= 15 is 0 Å². The molecule has 0 saturated carbocycles. The summed E-state index contributed by atoms with van der Waals surface area (Å²) in [6.07, 6.45) is 3.73. The predicted molar refractivity (Wildman–Crippen MR) is 109 cm³/mol. The monoisotopic (exact) mass is 375 g/mol. The number of imidazole rings is 1. The molecule has 0 fully saturated rings. The fourth-order valence-electron chi connectivity index (χ4n) is 3.48. The number of carbonyl (C=O) groups excluding carboxylic acids is 1. The maximum absolute atomic E-state index is 11.8. The molecule has 0 unspecified atom stereocenters. The molecule has 2 aromatic carbocycles. The van der Waals surface area contributed by atoms with Crippen molar-refractivity contribution in [3.8, 4) is 0 Å². The number of hydrogen-bond acceptors (Lipinski definition) is 4. The van der Waals surface area contributed by atoms with Gasteiger partial charge in [0.15, 0.2) is 5.12 Å². The fraction of sp³-hybridized carbons (Fsp3) is 0.182. The summed E-state index contributed by atoms with van der Waals surface area (Å²) >= 11 is 1.34. The van der Waals surface area contributed by atoms with Crippen molar-refractivity contribution >= 4 is 16.9 Å². The molecule has 4 nitrogen and oxygen atoms in total.